The summed E-state index contributed by atoms with van der Waals surface area (Å²) in [6, 6.07) is 0. The lowest BCUT2D eigenvalue weighted by Crippen LogP contribution is -1.84. The van der Waals surface area contributed by atoms with E-state index in [9.17, 15) is 13.7 Å². The first-order chi connectivity index (χ1) is 5.91. The van der Waals surface area contributed by atoms with E-state index in [4.69, 9.17) is 33.9 Å². The Morgan fingerprint density at radius 2 is 0.929 bits per heavy atom. The predicted molar refractivity (Wildman–Crippen MR) is 46.5 cm³/mol. The number of hydrogen-bond donors (Lipinski definition) is 6. The molecule has 0 aliphatic heterocycles. The molecule has 0 aliphatic carbocycles. The van der Waals surface area contributed by atoms with Crippen LogP contribution in [0, 0.1) is 0 Å². The van der Waals surface area contributed by atoms with Gasteiger partial charge in [0.05, 0.1) is 0 Å². The van der Waals surface area contributed by atoms with Crippen LogP contribution in [-0.2, 0) is 18.3 Å². The molecule has 6 N–H and O–H groups in total. The van der Waals surface area contributed by atoms with Crippen LogP contribution in [0.1, 0.15) is 0 Å². The van der Waals surface area contributed by atoms with Crippen molar-refractivity contribution in [1.82, 2.24) is 0 Å². The van der Waals surface area contributed by atoms with Gasteiger partial charge in [-0.3, -0.25) is 9.13 Å². The van der Waals surface area contributed by atoms with Gasteiger partial charge >= 0.3 is 21.3 Å². The molecule has 1 atom stereocenters. The minimum Gasteiger partial charge on any atom is -0.348 e. The second kappa shape index (κ2) is 5.68. The fraction of sp³-hybridized carbons (Fsp3) is 0. The van der Waals surface area contributed by atoms with Gasteiger partial charge in [0.2, 0.25) is 0 Å². The van der Waals surface area contributed by atoms with Gasteiger partial charge in [-0.1, -0.05) is 0 Å². The van der Waals surface area contributed by atoms with E-state index in [2.05, 4.69) is 0 Å². The van der Waals surface area contributed by atoms with Gasteiger partial charge in [0, 0.05) is 0 Å². The van der Waals surface area contributed by atoms with E-state index in [1.165, 1.54) is 0 Å². The molecule has 1 unspecified atom stereocenters. The first kappa shape index (κ1) is 17.1. The second-order valence-electron chi connectivity index (χ2n) is 1.65. The SMILES string of the molecule is O=P(O)(O)P(=O)(O)P(=O)(O)O.O=[PH2]O. The van der Waals surface area contributed by atoms with Gasteiger partial charge in [0.15, 0.2) is 8.69 Å². The molecule has 14 heavy (non-hydrogen) atoms. The molecule has 0 radical (unpaired) electrons. The highest BCUT2D eigenvalue weighted by Gasteiger charge is 2.55. The first-order valence-corrected chi connectivity index (χ1v) is 9.72. The molecule has 0 bridgehead atoms. The minimum absolute atomic E-state index is 1.50. The van der Waals surface area contributed by atoms with E-state index in [1.807, 2.05) is 0 Å². The Morgan fingerprint density at radius 3 is 0.929 bits per heavy atom. The van der Waals surface area contributed by atoms with E-state index >= 15 is 0 Å². The molecular formula is H8O10P4. The van der Waals surface area contributed by atoms with Crippen LogP contribution in [0.4, 0.5) is 0 Å². The maximum Gasteiger partial charge on any atom is 0.419 e. The first-order valence-electron chi connectivity index (χ1n) is 2.44. The maximum atomic E-state index is 10.3. The highest BCUT2D eigenvalue weighted by Crippen LogP contribution is 2.92. The van der Waals surface area contributed by atoms with Gasteiger partial charge in [0.25, 0.3) is 0 Å². The lowest BCUT2D eigenvalue weighted by Gasteiger charge is -2.12. The fourth-order valence-corrected chi connectivity index (χ4v) is 4.10. The molecule has 0 spiro atoms. The molecule has 0 aromatic heterocycles. The van der Waals surface area contributed by atoms with Crippen LogP contribution >= 0.6 is 30.0 Å². The molecule has 0 fully saturated rings. The maximum absolute atomic E-state index is 10.3. The van der Waals surface area contributed by atoms with Crippen molar-refractivity contribution in [1.29, 1.82) is 0 Å². The van der Waals surface area contributed by atoms with Crippen LogP contribution < -0.4 is 0 Å². The van der Waals surface area contributed by atoms with Crippen molar-refractivity contribution >= 4 is 30.0 Å². The summed E-state index contributed by atoms with van der Waals surface area (Å²) in [7, 11) is -12.8. The molecule has 0 rings (SSSR count). The Morgan fingerprint density at radius 1 is 0.786 bits per heavy atom. The molecule has 0 saturated carbocycles. The van der Waals surface area contributed by atoms with E-state index in [1.54, 1.807) is 0 Å². The number of rotatable bonds is 2. The van der Waals surface area contributed by atoms with Gasteiger partial charge in [-0.25, -0.2) is 9.13 Å². The van der Waals surface area contributed by atoms with Crippen molar-refractivity contribution < 1.29 is 47.6 Å². The summed E-state index contributed by atoms with van der Waals surface area (Å²) in [6.07, 6.45) is 0. The second-order valence-corrected chi connectivity index (χ2v) is 12.3. The Labute approximate surface area is 78.4 Å². The standard InChI is InChI=1S/H5O8P3.H3O2P/c1-9(2,3)11(7,8)10(4,5)6;1-3-2/h(H,7,8)(H2,1,2,3)(H2,4,5,6);3H2,(H,1,2). The Balaban J connectivity index is 0. The van der Waals surface area contributed by atoms with Crippen LogP contribution in [-0.4, -0.2) is 29.4 Å². The third-order valence-electron chi connectivity index (χ3n) is 0.679. The normalized spacial score (nSPS) is 13.9. The summed E-state index contributed by atoms with van der Waals surface area (Å²) < 4.78 is 38.8. The van der Waals surface area contributed by atoms with Gasteiger partial charge in [-0.15, -0.1) is 0 Å². The van der Waals surface area contributed by atoms with Gasteiger partial charge < -0.3 is 29.4 Å². The Bertz CT molecular complexity index is 287. The molecule has 10 nitrogen and oxygen atoms in total. The summed E-state index contributed by atoms with van der Waals surface area (Å²) in [4.78, 5) is 47.3. The van der Waals surface area contributed by atoms with Crippen LogP contribution in [0.5, 0.6) is 0 Å². The van der Waals surface area contributed by atoms with Crippen LogP contribution in [0.25, 0.3) is 0 Å². The summed E-state index contributed by atoms with van der Waals surface area (Å²) >= 11 is 0. The summed E-state index contributed by atoms with van der Waals surface area (Å²) in [5.74, 6) is 0. The van der Waals surface area contributed by atoms with Crippen molar-refractivity contribution in [2.24, 2.45) is 0 Å². The molecule has 0 aromatic carbocycles. The van der Waals surface area contributed by atoms with E-state index < -0.39 is 30.0 Å². The Hall–Kier alpha value is 0.680. The molecule has 0 aromatic rings. The largest absolute Gasteiger partial charge is 0.419 e. The van der Waals surface area contributed by atoms with Gasteiger partial charge in [-0.2, -0.15) is 0 Å². The lowest BCUT2D eigenvalue weighted by atomic mass is 15.8. The van der Waals surface area contributed by atoms with Crippen molar-refractivity contribution in [2.75, 3.05) is 0 Å². The summed E-state index contributed by atoms with van der Waals surface area (Å²) in [5, 5.41) is 0. The van der Waals surface area contributed by atoms with Gasteiger partial charge in [0.1, 0.15) is 0 Å². The quantitative estimate of drug-likeness (QED) is 0.347. The number of hydrogen-bond acceptors (Lipinski definition) is 4. The zero-order valence-corrected chi connectivity index (χ0v) is 10.1. The molecule has 14 heteroatoms. The van der Waals surface area contributed by atoms with Crippen LogP contribution in [0.3, 0.4) is 0 Å². The third kappa shape index (κ3) is 4.96. The summed E-state index contributed by atoms with van der Waals surface area (Å²) in [6.45, 7) is -5.73. The molecule has 0 aliphatic rings. The minimum atomic E-state index is -5.73. The van der Waals surface area contributed by atoms with Crippen molar-refractivity contribution in [2.45, 2.75) is 0 Å². The van der Waals surface area contributed by atoms with Gasteiger partial charge in [-0.05, 0) is 0 Å². The van der Waals surface area contributed by atoms with E-state index in [0.717, 1.165) is 0 Å². The third-order valence-corrected chi connectivity index (χ3v) is 10.3. The van der Waals surface area contributed by atoms with Crippen molar-refractivity contribution in [3.8, 4) is 0 Å². The van der Waals surface area contributed by atoms with Crippen LogP contribution in [0.15, 0.2) is 0 Å². The topological polar surface area (TPSA) is 190 Å². The highest BCUT2D eigenvalue weighted by atomic mass is 32.5. The highest BCUT2D eigenvalue weighted by molar-refractivity contribution is 8.59. The molecule has 0 saturated heterocycles. The molecule has 0 amide bonds. The van der Waals surface area contributed by atoms with Crippen molar-refractivity contribution in [3.63, 3.8) is 0 Å². The monoisotopic (exact) mass is 292 g/mol. The van der Waals surface area contributed by atoms with E-state index in [0.29, 0.717) is 0 Å². The average molecular weight is 292 g/mol. The molecular weight excluding hydrogens is 284 g/mol. The van der Waals surface area contributed by atoms with E-state index in [-0.39, 0.29) is 0 Å². The fourth-order valence-electron chi connectivity index (χ4n) is 0.152. The zero-order chi connectivity index (χ0) is 12.2. The smallest absolute Gasteiger partial charge is 0.348 e. The average Bonchev–Trinajstić information content (AvgIpc) is 1.83. The molecule has 88 valence electrons. The zero-order valence-electron chi connectivity index (χ0n) is 6.24. The summed E-state index contributed by atoms with van der Waals surface area (Å²) in [5.41, 5.74) is 0. The predicted octanol–water partition coefficient (Wildman–Crippen LogP) is -0.908. The van der Waals surface area contributed by atoms with Crippen molar-refractivity contribution in [3.05, 3.63) is 0 Å². The Kier molecular flexibility index (Phi) is 6.93. The lowest BCUT2D eigenvalue weighted by molar-refractivity contribution is 0.363. The molecule has 0 heterocycles. The van der Waals surface area contributed by atoms with Crippen LogP contribution in [0.2, 0.25) is 0 Å².